The summed E-state index contributed by atoms with van der Waals surface area (Å²) in [6.07, 6.45) is 1.83. The summed E-state index contributed by atoms with van der Waals surface area (Å²) in [5, 5.41) is 28.9. The van der Waals surface area contributed by atoms with Crippen LogP contribution in [0.3, 0.4) is 0 Å². The molecule has 2 N–H and O–H groups in total. The van der Waals surface area contributed by atoms with Crippen LogP contribution < -0.4 is 5.32 Å². The van der Waals surface area contributed by atoms with E-state index in [-0.39, 0.29) is 12.2 Å². The Bertz CT molecular complexity index is 1300. The predicted octanol–water partition coefficient (Wildman–Crippen LogP) is 0.510. The number of rotatable bonds is 5. The summed E-state index contributed by atoms with van der Waals surface area (Å²) in [4.78, 5) is 27.0. The summed E-state index contributed by atoms with van der Waals surface area (Å²) in [7, 11) is 3.32. The molecule has 5 rings (SSSR count). The lowest BCUT2D eigenvalue weighted by Crippen LogP contribution is -2.35. The third kappa shape index (κ3) is 3.33. The summed E-state index contributed by atoms with van der Waals surface area (Å²) >= 11 is 0. The molecule has 5 heterocycles. The molecule has 32 heavy (non-hydrogen) atoms. The van der Waals surface area contributed by atoms with Gasteiger partial charge < -0.3 is 14.5 Å². The Kier molecular flexibility index (Phi) is 4.59. The Labute approximate surface area is 181 Å². The largest absolute Gasteiger partial charge is 0.373 e. The van der Waals surface area contributed by atoms with Crippen LogP contribution in [0.1, 0.15) is 12.2 Å². The van der Waals surface area contributed by atoms with Crippen molar-refractivity contribution in [3.63, 3.8) is 0 Å². The van der Waals surface area contributed by atoms with Crippen LogP contribution in [0, 0.1) is 0 Å². The molecule has 162 valence electrons. The number of hydrogen-bond acceptors (Lipinski definition) is 11. The zero-order chi connectivity index (χ0) is 22.3. The summed E-state index contributed by atoms with van der Waals surface area (Å²) in [6, 6.07) is 8.61. The number of aromatic nitrogens is 8. The molecule has 0 saturated carbocycles. The number of anilines is 2. The number of amides is 1. The number of pyridine rings is 1. The Morgan fingerprint density at radius 3 is 2.62 bits per heavy atom. The number of likely N-dealkylation sites (N-methyl/N-ethyl adjacent to an activating group) is 1. The number of tetrazole rings is 1. The quantitative estimate of drug-likeness (QED) is 0.450. The molecule has 0 bridgehead atoms. The molecule has 1 saturated heterocycles. The highest BCUT2D eigenvalue weighted by Crippen LogP contribution is 2.34. The van der Waals surface area contributed by atoms with Gasteiger partial charge in [-0.1, -0.05) is 16.3 Å². The van der Waals surface area contributed by atoms with Crippen molar-refractivity contribution in [2.24, 2.45) is 7.05 Å². The number of likely N-dealkylation sites (tertiary alicyclic amines) is 1. The average molecular weight is 434 g/mol. The van der Waals surface area contributed by atoms with Crippen LogP contribution in [0.2, 0.25) is 0 Å². The van der Waals surface area contributed by atoms with Crippen molar-refractivity contribution in [3.8, 4) is 22.8 Å². The van der Waals surface area contributed by atoms with Crippen LogP contribution in [-0.4, -0.2) is 69.8 Å². The molecule has 0 spiro atoms. The first-order valence-electron chi connectivity index (χ1n) is 9.69. The van der Waals surface area contributed by atoms with E-state index in [1.807, 2.05) is 0 Å². The molecule has 0 radical (unpaired) electrons. The van der Waals surface area contributed by atoms with Crippen molar-refractivity contribution in [1.29, 1.82) is 0 Å². The number of hydrogen-bond donors (Lipinski definition) is 2. The van der Waals surface area contributed by atoms with Crippen molar-refractivity contribution in [3.05, 3.63) is 42.3 Å². The van der Waals surface area contributed by atoms with Gasteiger partial charge >= 0.3 is 0 Å². The molecule has 0 aliphatic carbocycles. The van der Waals surface area contributed by atoms with Gasteiger partial charge in [-0.3, -0.25) is 10.1 Å². The second-order valence-electron chi connectivity index (χ2n) is 7.34. The van der Waals surface area contributed by atoms with E-state index in [4.69, 9.17) is 4.52 Å². The molecule has 1 atom stereocenters. The zero-order valence-electron chi connectivity index (χ0n) is 17.2. The molecule has 1 amide bonds. The second kappa shape index (κ2) is 7.46. The number of aryl methyl sites for hydroxylation is 1. The Hall–Kier alpha value is -4.26. The van der Waals surface area contributed by atoms with E-state index in [0.717, 1.165) is 0 Å². The lowest BCUT2D eigenvalue weighted by atomic mass is 9.98. The van der Waals surface area contributed by atoms with Gasteiger partial charge in [-0.15, -0.1) is 0 Å². The van der Waals surface area contributed by atoms with Crippen molar-refractivity contribution >= 4 is 17.8 Å². The van der Waals surface area contributed by atoms with Gasteiger partial charge in [0.15, 0.2) is 5.76 Å². The first kappa shape index (κ1) is 19.7. The predicted molar refractivity (Wildman–Crippen MR) is 109 cm³/mol. The van der Waals surface area contributed by atoms with Crippen molar-refractivity contribution in [2.75, 3.05) is 18.9 Å². The minimum Gasteiger partial charge on any atom is -0.373 e. The molecule has 0 aromatic carbocycles. The Morgan fingerprint density at radius 2 is 1.91 bits per heavy atom. The van der Waals surface area contributed by atoms with Crippen molar-refractivity contribution in [2.45, 2.75) is 12.0 Å². The van der Waals surface area contributed by atoms with Gasteiger partial charge in [-0.25, -0.2) is 19.6 Å². The SMILES string of the molecule is CN1CC[C@@](O)(c2cc(-c3cccc(-c4ccnc(Nc5nnnn5C)n4)n3)no2)C1=O. The van der Waals surface area contributed by atoms with Crippen molar-refractivity contribution < 1.29 is 14.4 Å². The van der Waals surface area contributed by atoms with Crippen LogP contribution in [0.25, 0.3) is 22.8 Å². The topological polar surface area (TPSA) is 161 Å². The number of carbonyl (C=O) groups excluding carboxylic acids is 1. The lowest BCUT2D eigenvalue weighted by Gasteiger charge is -2.16. The van der Waals surface area contributed by atoms with Gasteiger partial charge in [0.05, 0.1) is 17.1 Å². The fourth-order valence-electron chi connectivity index (χ4n) is 3.39. The van der Waals surface area contributed by atoms with Gasteiger partial charge in [0.25, 0.3) is 5.91 Å². The van der Waals surface area contributed by atoms with E-state index in [2.05, 4.69) is 41.0 Å². The number of nitrogens with one attached hydrogen (secondary N) is 1. The standard InChI is InChI=1S/C19H18N10O3/c1-28-9-7-19(31,16(28)30)15-10-14(25-32-15)12-5-3-4-11(21-12)13-6-8-20-17(22-13)23-18-24-26-27-29(18)2/h3-6,8,10,31H,7,9H2,1-2H3,(H,20,22,23,24,27)/t19-/m1/s1. The maximum absolute atomic E-state index is 12.3. The van der Waals surface area contributed by atoms with E-state index < -0.39 is 11.5 Å². The highest BCUT2D eigenvalue weighted by Gasteiger charge is 2.48. The van der Waals surface area contributed by atoms with Crippen LogP contribution >= 0.6 is 0 Å². The molecule has 13 heteroatoms. The van der Waals surface area contributed by atoms with E-state index in [0.29, 0.717) is 41.2 Å². The Balaban J connectivity index is 1.43. The molecular formula is C19H18N10O3. The first-order valence-corrected chi connectivity index (χ1v) is 9.69. The number of nitrogens with zero attached hydrogens (tertiary/aromatic N) is 9. The Morgan fingerprint density at radius 1 is 1.12 bits per heavy atom. The third-order valence-electron chi connectivity index (χ3n) is 5.20. The molecule has 4 aromatic rings. The highest BCUT2D eigenvalue weighted by molar-refractivity contribution is 5.87. The maximum atomic E-state index is 12.3. The van der Waals surface area contributed by atoms with Crippen LogP contribution in [0.5, 0.6) is 0 Å². The number of carbonyl (C=O) groups is 1. The molecule has 1 aliphatic rings. The van der Waals surface area contributed by atoms with Gasteiger partial charge in [-0.05, 0) is 28.6 Å². The minimum absolute atomic E-state index is 0.0971. The molecule has 1 aliphatic heterocycles. The van der Waals surface area contributed by atoms with Gasteiger partial charge in [-0.2, -0.15) is 0 Å². The van der Waals surface area contributed by atoms with Gasteiger partial charge in [0, 0.05) is 39.3 Å². The maximum Gasteiger partial charge on any atom is 0.262 e. The van der Waals surface area contributed by atoms with Crippen LogP contribution in [-0.2, 0) is 17.4 Å². The normalized spacial score (nSPS) is 18.3. The summed E-state index contributed by atoms with van der Waals surface area (Å²) in [5.74, 6) is 0.382. The first-order chi connectivity index (χ1) is 15.4. The van der Waals surface area contributed by atoms with E-state index in [9.17, 15) is 9.90 Å². The lowest BCUT2D eigenvalue weighted by molar-refractivity contribution is -0.144. The summed E-state index contributed by atoms with van der Waals surface area (Å²) in [6.45, 7) is 0.438. The van der Waals surface area contributed by atoms with Gasteiger partial charge in [0.2, 0.25) is 17.5 Å². The average Bonchev–Trinajstić information content (AvgIpc) is 3.52. The van der Waals surface area contributed by atoms with Crippen molar-refractivity contribution in [1.82, 2.24) is 45.2 Å². The fourth-order valence-corrected chi connectivity index (χ4v) is 3.39. The second-order valence-corrected chi connectivity index (χ2v) is 7.34. The third-order valence-corrected chi connectivity index (χ3v) is 5.20. The zero-order valence-corrected chi connectivity index (χ0v) is 17.2. The van der Waals surface area contributed by atoms with Crippen LogP contribution in [0.15, 0.2) is 41.1 Å². The highest BCUT2D eigenvalue weighted by atomic mass is 16.5. The van der Waals surface area contributed by atoms with E-state index in [1.54, 1.807) is 44.6 Å². The molecular weight excluding hydrogens is 416 g/mol. The molecule has 0 unspecified atom stereocenters. The summed E-state index contributed by atoms with van der Waals surface area (Å²) < 4.78 is 6.77. The molecule has 4 aromatic heterocycles. The number of aliphatic hydroxyl groups is 1. The smallest absolute Gasteiger partial charge is 0.262 e. The fraction of sp³-hybridized carbons (Fsp3) is 0.263. The van der Waals surface area contributed by atoms with E-state index in [1.165, 1.54) is 15.6 Å². The van der Waals surface area contributed by atoms with Gasteiger partial charge in [0.1, 0.15) is 5.69 Å². The monoisotopic (exact) mass is 434 g/mol. The minimum atomic E-state index is -1.71. The molecule has 13 nitrogen and oxygen atoms in total. The van der Waals surface area contributed by atoms with E-state index >= 15 is 0 Å². The van der Waals surface area contributed by atoms with Crippen LogP contribution in [0.4, 0.5) is 11.9 Å². The summed E-state index contributed by atoms with van der Waals surface area (Å²) in [5.41, 5.74) is 0.332. The molecule has 1 fully saturated rings.